The number of aryl methyl sites for hydroxylation is 2. The van der Waals surface area contributed by atoms with E-state index in [9.17, 15) is 4.79 Å². The van der Waals surface area contributed by atoms with E-state index < -0.39 is 0 Å². The number of hydrogen-bond acceptors (Lipinski definition) is 4. The maximum Gasteiger partial charge on any atom is 0.257 e. The number of pyridine rings is 1. The Kier molecular flexibility index (Phi) is 5.58. The molecule has 5 heteroatoms. The van der Waals surface area contributed by atoms with E-state index >= 15 is 0 Å². The fourth-order valence-corrected chi connectivity index (χ4v) is 3.38. The number of amides is 1. The highest BCUT2D eigenvalue weighted by molar-refractivity contribution is 6.04. The third-order valence-corrected chi connectivity index (χ3v) is 5.33. The molecule has 1 saturated heterocycles. The minimum atomic E-state index is -0.164. The molecule has 0 aliphatic carbocycles. The lowest BCUT2D eigenvalue weighted by Crippen LogP contribution is -2.36. The van der Waals surface area contributed by atoms with Crippen molar-refractivity contribution in [2.24, 2.45) is 0 Å². The van der Waals surface area contributed by atoms with Crippen LogP contribution in [0.3, 0.4) is 0 Å². The van der Waals surface area contributed by atoms with Gasteiger partial charge < -0.3 is 15.0 Å². The van der Waals surface area contributed by atoms with Gasteiger partial charge in [0, 0.05) is 36.2 Å². The molecule has 148 valence electrons. The number of carbonyl (C=O) groups is 1. The van der Waals surface area contributed by atoms with Gasteiger partial charge in [-0.3, -0.25) is 9.78 Å². The first-order valence-corrected chi connectivity index (χ1v) is 9.88. The minimum absolute atomic E-state index is 0.164. The summed E-state index contributed by atoms with van der Waals surface area (Å²) in [4.78, 5) is 19.3. The molecule has 3 aromatic rings. The van der Waals surface area contributed by atoms with Crippen molar-refractivity contribution in [3.8, 4) is 11.3 Å². The van der Waals surface area contributed by atoms with Crippen LogP contribution in [-0.4, -0.2) is 37.2 Å². The van der Waals surface area contributed by atoms with Crippen LogP contribution in [0.5, 0.6) is 0 Å². The molecule has 2 heterocycles. The number of ether oxygens (including phenoxy) is 1. The summed E-state index contributed by atoms with van der Waals surface area (Å²) in [6.45, 7) is 7.47. The molecule has 0 atom stereocenters. The van der Waals surface area contributed by atoms with Gasteiger partial charge in [0.25, 0.3) is 5.91 Å². The second-order valence-electron chi connectivity index (χ2n) is 7.33. The molecular formula is C24H25N3O2. The fraction of sp³-hybridized carbons (Fsp3) is 0.250. The lowest BCUT2D eigenvalue weighted by molar-refractivity contribution is 0.102. The Morgan fingerprint density at radius 2 is 1.72 bits per heavy atom. The fourth-order valence-electron chi connectivity index (χ4n) is 3.38. The molecule has 2 aromatic carbocycles. The summed E-state index contributed by atoms with van der Waals surface area (Å²) in [5.74, 6) is -0.164. The lowest BCUT2D eigenvalue weighted by Gasteiger charge is -2.28. The third-order valence-electron chi connectivity index (χ3n) is 5.33. The van der Waals surface area contributed by atoms with E-state index in [4.69, 9.17) is 4.74 Å². The van der Waals surface area contributed by atoms with Gasteiger partial charge in [-0.2, -0.15) is 0 Å². The zero-order valence-electron chi connectivity index (χ0n) is 16.8. The highest BCUT2D eigenvalue weighted by Gasteiger charge is 2.12. The predicted molar refractivity (Wildman–Crippen MR) is 117 cm³/mol. The van der Waals surface area contributed by atoms with Crippen LogP contribution in [0.15, 0.2) is 60.8 Å². The van der Waals surface area contributed by atoms with Gasteiger partial charge in [0.1, 0.15) is 0 Å². The van der Waals surface area contributed by atoms with E-state index in [1.165, 1.54) is 11.1 Å². The molecule has 1 aliphatic heterocycles. The molecule has 1 aliphatic rings. The molecule has 5 nitrogen and oxygen atoms in total. The lowest BCUT2D eigenvalue weighted by atomic mass is 10.0. The highest BCUT2D eigenvalue weighted by Crippen LogP contribution is 2.22. The smallest absolute Gasteiger partial charge is 0.257 e. The first kappa shape index (κ1) is 19.2. The van der Waals surface area contributed by atoms with Crippen LogP contribution in [0.25, 0.3) is 11.3 Å². The number of hydrogen-bond donors (Lipinski definition) is 1. The number of benzene rings is 2. The number of morpholine rings is 1. The zero-order valence-corrected chi connectivity index (χ0v) is 16.8. The molecule has 1 fully saturated rings. The summed E-state index contributed by atoms with van der Waals surface area (Å²) in [5, 5.41) is 2.94. The molecule has 0 bridgehead atoms. The second kappa shape index (κ2) is 8.45. The van der Waals surface area contributed by atoms with Crippen molar-refractivity contribution in [1.29, 1.82) is 0 Å². The molecule has 29 heavy (non-hydrogen) atoms. The Balaban J connectivity index is 1.42. The monoisotopic (exact) mass is 387 g/mol. The van der Waals surface area contributed by atoms with Crippen LogP contribution in [0.4, 0.5) is 11.4 Å². The van der Waals surface area contributed by atoms with Gasteiger partial charge in [-0.25, -0.2) is 0 Å². The Hall–Kier alpha value is -3.18. The zero-order chi connectivity index (χ0) is 20.2. The van der Waals surface area contributed by atoms with E-state index in [2.05, 4.69) is 47.2 Å². The standard InChI is InChI=1S/C24H25N3O2/c1-17-3-4-19(15-18(17)2)23-10-5-20(16-25-23)24(28)26-21-6-8-22(9-7-21)27-11-13-29-14-12-27/h3-10,15-16H,11-14H2,1-2H3,(H,26,28). The molecule has 4 rings (SSSR count). The van der Waals surface area contributed by atoms with Crippen molar-refractivity contribution in [3.05, 3.63) is 77.5 Å². The highest BCUT2D eigenvalue weighted by atomic mass is 16.5. The van der Waals surface area contributed by atoms with Crippen LogP contribution in [0.2, 0.25) is 0 Å². The van der Waals surface area contributed by atoms with Crippen molar-refractivity contribution in [3.63, 3.8) is 0 Å². The van der Waals surface area contributed by atoms with Crippen molar-refractivity contribution in [2.75, 3.05) is 36.5 Å². The van der Waals surface area contributed by atoms with E-state index in [1.54, 1.807) is 6.20 Å². The number of carbonyl (C=O) groups excluding carboxylic acids is 1. The van der Waals surface area contributed by atoms with Crippen molar-refractivity contribution >= 4 is 17.3 Å². The maximum atomic E-state index is 12.6. The number of nitrogens with zero attached hydrogens (tertiary/aromatic N) is 2. The maximum absolute atomic E-state index is 12.6. The number of aromatic nitrogens is 1. The number of anilines is 2. The van der Waals surface area contributed by atoms with Crippen LogP contribution in [-0.2, 0) is 4.74 Å². The topological polar surface area (TPSA) is 54.5 Å². The van der Waals surface area contributed by atoms with Crippen molar-refractivity contribution in [2.45, 2.75) is 13.8 Å². The number of rotatable bonds is 4. The summed E-state index contributed by atoms with van der Waals surface area (Å²) in [7, 11) is 0. The van der Waals surface area contributed by atoms with Crippen molar-refractivity contribution < 1.29 is 9.53 Å². The first-order valence-electron chi connectivity index (χ1n) is 9.88. The predicted octanol–water partition coefficient (Wildman–Crippen LogP) is 4.45. The van der Waals surface area contributed by atoms with E-state index in [0.717, 1.165) is 48.9 Å². The van der Waals surface area contributed by atoms with E-state index in [0.29, 0.717) is 5.56 Å². The Bertz CT molecular complexity index is 992. The van der Waals surface area contributed by atoms with Crippen LogP contribution >= 0.6 is 0 Å². The summed E-state index contributed by atoms with van der Waals surface area (Å²) in [6, 6.07) is 17.9. The molecule has 0 spiro atoms. The molecule has 1 aromatic heterocycles. The Morgan fingerprint density at radius 3 is 2.38 bits per heavy atom. The van der Waals surface area contributed by atoms with Crippen molar-refractivity contribution in [1.82, 2.24) is 4.98 Å². The largest absolute Gasteiger partial charge is 0.378 e. The summed E-state index contributed by atoms with van der Waals surface area (Å²) in [6.07, 6.45) is 1.63. The normalized spacial score (nSPS) is 13.9. The van der Waals surface area contributed by atoms with Gasteiger partial charge in [-0.05, 0) is 67.4 Å². The van der Waals surface area contributed by atoms with Crippen LogP contribution in [0.1, 0.15) is 21.5 Å². The van der Waals surface area contributed by atoms with Gasteiger partial charge in [0.15, 0.2) is 0 Å². The molecule has 0 saturated carbocycles. The summed E-state index contributed by atoms with van der Waals surface area (Å²) in [5.41, 5.74) is 6.85. The molecular weight excluding hydrogens is 362 g/mol. The third kappa shape index (κ3) is 4.46. The van der Waals surface area contributed by atoms with Gasteiger partial charge in [-0.15, -0.1) is 0 Å². The van der Waals surface area contributed by atoms with Gasteiger partial charge in [0.05, 0.1) is 24.5 Å². The second-order valence-corrected chi connectivity index (χ2v) is 7.33. The SMILES string of the molecule is Cc1ccc(-c2ccc(C(=O)Nc3ccc(N4CCOCC4)cc3)cn2)cc1C. The number of nitrogens with one attached hydrogen (secondary N) is 1. The molecule has 0 radical (unpaired) electrons. The average Bonchev–Trinajstić information content (AvgIpc) is 2.77. The average molecular weight is 387 g/mol. The Labute approximate surface area is 171 Å². The molecule has 1 amide bonds. The van der Waals surface area contributed by atoms with Crippen LogP contribution in [0, 0.1) is 13.8 Å². The van der Waals surface area contributed by atoms with Gasteiger partial charge in [-0.1, -0.05) is 12.1 Å². The summed E-state index contributed by atoms with van der Waals surface area (Å²) >= 11 is 0. The summed E-state index contributed by atoms with van der Waals surface area (Å²) < 4.78 is 5.39. The van der Waals surface area contributed by atoms with Gasteiger partial charge in [0.2, 0.25) is 0 Å². The quantitative estimate of drug-likeness (QED) is 0.718. The molecule has 1 N–H and O–H groups in total. The van der Waals surface area contributed by atoms with Crippen LogP contribution < -0.4 is 10.2 Å². The molecule has 0 unspecified atom stereocenters. The van der Waals surface area contributed by atoms with E-state index in [1.807, 2.05) is 36.4 Å². The van der Waals surface area contributed by atoms with Gasteiger partial charge >= 0.3 is 0 Å². The Morgan fingerprint density at radius 1 is 0.966 bits per heavy atom. The minimum Gasteiger partial charge on any atom is -0.378 e. The van der Waals surface area contributed by atoms with E-state index in [-0.39, 0.29) is 5.91 Å². The first-order chi connectivity index (χ1) is 14.1.